The SMILES string of the molecule is C=CCNC(=O)CN(c1ccc(S(=O)(=O)N2CCOCC2)cc1)S(C)(=O)=O. The Kier molecular flexibility index (Phi) is 6.98. The number of rotatable bonds is 8. The van der Waals surface area contributed by atoms with E-state index >= 15 is 0 Å². The monoisotopic (exact) mass is 417 g/mol. The third kappa shape index (κ3) is 5.51. The fraction of sp³-hybridized carbons (Fsp3) is 0.438. The van der Waals surface area contributed by atoms with Crippen molar-refractivity contribution < 1.29 is 26.4 Å². The van der Waals surface area contributed by atoms with Gasteiger partial charge in [0.15, 0.2) is 0 Å². The molecule has 0 spiro atoms. The van der Waals surface area contributed by atoms with Crippen LogP contribution in [0.1, 0.15) is 0 Å². The Morgan fingerprint density at radius 2 is 1.81 bits per heavy atom. The number of amides is 1. The zero-order chi connectivity index (χ0) is 20.1. The molecule has 1 fully saturated rings. The average Bonchev–Trinajstić information content (AvgIpc) is 2.64. The molecule has 0 bridgehead atoms. The minimum Gasteiger partial charge on any atom is -0.379 e. The van der Waals surface area contributed by atoms with Crippen molar-refractivity contribution in [3.8, 4) is 0 Å². The Hall–Kier alpha value is -1.95. The second kappa shape index (κ2) is 8.83. The number of carbonyl (C=O) groups excluding carboxylic acids is 1. The number of benzene rings is 1. The highest BCUT2D eigenvalue weighted by Crippen LogP contribution is 2.23. The van der Waals surface area contributed by atoms with Gasteiger partial charge in [0.1, 0.15) is 6.54 Å². The van der Waals surface area contributed by atoms with Crippen LogP contribution in [0.15, 0.2) is 41.8 Å². The Balaban J connectivity index is 2.24. The first-order valence-corrected chi connectivity index (χ1v) is 11.5. The minimum absolute atomic E-state index is 0.0534. The van der Waals surface area contributed by atoms with Crippen molar-refractivity contribution in [2.45, 2.75) is 4.90 Å². The number of morpholine rings is 1. The quantitative estimate of drug-likeness (QED) is 0.585. The maximum Gasteiger partial charge on any atom is 0.243 e. The third-order valence-corrected chi connectivity index (χ3v) is 6.92. The molecule has 0 saturated carbocycles. The van der Waals surface area contributed by atoms with E-state index in [0.29, 0.717) is 13.2 Å². The predicted molar refractivity (Wildman–Crippen MR) is 101 cm³/mol. The number of nitrogens with zero attached hydrogens (tertiary/aromatic N) is 2. The molecule has 0 aromatic heterocycles. The van der Waals surface area contributed by atoms with Crippen molar-refractivity contribution in [1.29, 1.82) is 0 Å². The number of carbonyl (C=O) groups is 1. The maximum atomic E-state index is 12.6. The Bertz CT molecular complexity index is 875. The number of hydrogen-bond acceptors (Lipinski definition) is 6. The fourth-order valence-electron chi connectivity index (χ4n) is 2.49. The van der Waals surface area contributed by atoms with E-state index in [2.05, 4.69) is 11.9 Å². The lowest BCUT2D eigenvalue weighted by atomic mass is 10.3. The number of anilines is 1. The van der Waals surface area contributed by atoms with Crippen LogP contribution in [0.5, 0.6) is 0 Å². The molecule has 150 valence electrons. The van der Waals surface area contributed by atoms with Crippen molar-refractivity contribution in [3.63, 3.8) is 0 Å². The van der Waals surface area contributed by atoms with Gasteiger partial charge in [-0.05, 0) is 24.3 Å². The first-order valence-electron chi connectivity index (χ1n) is 8.19. The van der Waals surface area contributed by atoms with Gasteiger partial charge in [-0.1, -0.05) is 6.08 Å². The summed E-state index contributed by atoms with van der Waals surface area (Å²) in [5.74, 6) is -0.495. The standard InChI is InChI=1S/C16H23N3O6S2/c1-3-8-17-16(20)13-19(26(2,21)22)14-4-6-15(7-5-14)27(23,24)18-9-11-25-12-10-18/h3-7H,1,8-13H2,2H3,(H,17,20). The van der Waals surface area contributed by atoms with Crippen LogP contribution in [0, 0.1) is 0 Å². The maximum absolute atomic E-state index is 12.6. The summed E-state index contributed by atoms with van der Waals surface area (Å²) in [6.45, 7) is 4.47. The lowest BCUT2D eigenvalue weighted by Crippen LogP contribution is -2.41. The van der Waals surface area contributed by atoms with E-state index in [9.17, 15) is 21.6 Å². The summed E-state index contributed by atoms with van der Waals surface area (Å²) in [4.78, 5) is 11.9. The molecule has 0 aliphatic carbocycles. The van der Waals surface area contributed by atoms with E-state index in [-0.39, 0.29) is 30.2 Å². The van der Waals surface area contributed by atoms with Crippen LogP contribution in [0.25, 0.3) is 0 Å². The molecule has 9 nitrogen and oxygen atoms in total. The smallest absolute Gasteiger partial charge is 0.243 e. The van der Waals surface area contributed by atoms with Crippen LogP contribution in [0.2, 0.25) is 0 Å². The van der Waals surface area contributed by atoms with Crippen molar-refractivity contribution in [3.05, 3.63) is 36.9 Å². The van der Waals surface area contributed by atoms with E-state index in [4.69, 9.17) is 4.74 Å². The summed E-state index contributed by atoms with van der Waals surface area (Å²) in [6.07, 6.45) is 2.46. The van der Waals surface area contributed by atoms with E-state index in [1.165, 1.54) is 34.6 Å². The van der Waals surface area contributed by atoms with Gasteiger partial charge in [0.2, 0.25) is 26.0 Å². The highest BCUT2D eigenvalue weighted by molar-refractivity contribution is 7.92. The lowest BCUT2D eigenvalue weighted by molar-refractivity contribution is -0.119. The highest BCUT2D eigenvalue weighted by atomic mass is 32.2. The van der Waals surface area contributed by atoms with E-state index < -0.39 is 32.5 Å². The third-order valence-electron chi connectivity index (χ3n) is 3.86. The summed E-state index contributed by atoms with van der Waals surface area (Å²) in [7, 11) is -7.42. The molecular weight excluding hydrogens is 394 g/mol. The number of ether oxygens (including phenoxy) is 1. The summed E-state index contributed by atoms with van der Waals surface area (Å²) in [5, 5.41) is 2.51. The first-order chi connectivity index (χ1) is 12.7. The Morgan fingerprint density at radius 3 is 2.33 bits per heavy atom. The van der Waals surface area contributed by atoms with Crippen molar-refractivity contribution in [2.24, 2.45) is 0 Å². The van der Waals surface area contributed by atoms with Gasteiger partial charge in [-0.3, -0.25) is 9.10 Å². The van der Waals surface area contributed by atoms with Gasteiger partial charge >= 0.3 is 0 Å². The fourth-order valence-corrected chi connectivity index (χ4v) is 4.76. The zero-order valence-electron chi connectivity index (χ0n) is 15.0. The molecule has 0 unspecified atom stereocenters. The first kappa shape index (κ1) is 21.4. The minimum atomic E-state index is -3.74. The average molecular weight is 418 g/mol. The molecular formula is C16H23N3O6S2. The number of hydrogen-bond donors (Lipinski definition) is 1. The summed E-state index contributed by atoms with van der Waals surface area (Å²) < 4.78 is 56.8. The van der Waals surface area contributed by atoms with Gasteiger partial charge in [-0.2, -0.15) is 4.31 Å². The van der Waals surface area contributed by atoms with Crippen molar-refractivity contribution in [2.75, 3.05) is 50.0 Å². The second-order valence-corrected chi connectivity index (χ2v) is 9.72. The zero-order valence-corrected chi connectivity index (χ0v) is 16.6. The van der Waals surface area contributed by atoms with E-state index in [1.54, 1.807) is 0 Å². The molecule has 0 radical (unpaired) electrons. The Morgan fingerprint density at radius 1 is 1.22 bits per heavy atom. The predicted octanol–water partition coefficient (Wildman–Crippen LogP) is -0.224. The lowest BCUT2D eigenvalue weighted by Gasteiger charge is -2.26. The van der Waals surface area contributed by atoms with Gasteiger partial charge in [-0.15, -0.1) is 6.58 Å². The van der Waals surface area contributed by atoms with Gasteiger partial charge in [0.25, 0.3) is 0 Å². The normalized spacial score (nSPS) is 15.9. The van der Waals surface area contributed by atoms with E-state index in [1.807, 2.05) is 0 Å². The number of nitrogens with one attached hydrogen (secondary N) is 1. The molecule has 1 aliphatic heterocycles. The molecule has 11 heteroatoms. The molecule has 1 amide bonds. The van der Waals surface area contributed by atoms with Gasteiger partial charge in [0.05, 0.1) is 30.1 Å². The molecule has 1 aromatic rings. The van der Waals surface area contributed by atoms with Crippen molar-refractivity contribution >= 4 is 31.6 Å². The van der Waals surface area contributed by atoms with Gasteiger partial charge in [-0.25, -0.2) is 16.8 Å². The molecule has 1 saturated heterocycles. The summed E-state index contributed by atoms with van der Waals surface area (Å²) >= 11 is 0. The molecule has 1 aliphatic rings. The summed E-state index contributed by atoms with van der Waals surface area (Å²) in [6, 6.07) is 5.41. The molecule has 27 heavy (non-hydrogen) atoms. The van der Waals surface area contributed by atoms with E-state index in [0.717, 1.165) is 10.6 Å². The van der Waals surface area contributed by atoms with Crippen LogP contribution >= 0.6 is 0 Å². The largest absolute Gasteiger partial charge is 0.379 e. The second-order valence-electron chi connectivity index (χ2n) is 5.87. The van der Waals surface area contributed by atoms with Gasteiger partial charge < -0.3 is 10.1 Å². The molecule has 1 heterocycles. The highest BCUT2D eigenvalue weighted by Gasteiger charge is 2.27. The Labute approximate surface area is 159 Å². The molecule has 0 atom stereocenters. The van der Waals surface area contributed by atoms with Crippen LogP contribution < -0.4 is 9.62 Å². The van der Waals surface area contributed by atoms with Crippen LogP contribution in [-0.2, 0) is 29.6 Å². The van der Waals surface area contributed by atoms with Crippen LogP contribution in [-0.4, -0.2) is 72.7 Å². The molecule has 1 aromatic carbocycles. The van der Waals surface area contributed by atoms with Crippen molar-refractivity contribution in [1.82, 2.24) is 9.62 Å². The molecule has 2 rings (SSSR count). The van der Waals surface area contributed by atoms with Crippen LogP contribution in [0.4, 0.5) is 5.69 Å². The van der Waals surface area contributed by atoms with Crippen LogP contribution in [0.3, 0.4) is 0 Å². The van der Waals surface area contributed by atoms with Gasteiger partial charge in [0, 0.05) is 19.6 Å². The number of sulfonamides is 2. The summed E-state index contributed by atoms with van der Waals surface area (Å²) in [5.41, 5.74) is 0.201. The topological polar surface area (TPSA) is 113 Å². The molecule has 1 N–H and O–H groups in total.